The molecule has 1 N–H and O–H groups in total. The minimum Gasteiger partial charge on any atom is -0.339 e. The second kappa shape index (κ2) is 8.78. The van der Waals surface area contributed by atoms with Crippen LogP contribution in [0.2, 0.25) is 0 Å². The fraction of sp³-hybridized carbons (Fsp3) is 0.280. The Kier molecular flexibility index (Phi) is 5.54. The molecule has 4 aromatic rings. The number of nitrogens with zero attached hydrogens (tertiary/aromatic N) is 4. The molecule has 0 aliphatic carbocycles. The number of benzene rings is 2. The summed E-state index contributed by atoms with van der Waals surface area (Å²) in [5, 5.41) is 11.4. The summed E-state index contributed by atoms with van der Waals surface area (Å²) >= 11 is 0. The number of hydrogen-bond acceptors (Lipinski definition) is 5. The van der Waals surface area contributed by atoms with Crippen molar-refractivity contribution in [3.63, 3.8) is 0 Å². The lowest BCUT2D eigenvalue weighted by Crippen LogP contribution is -2.40. The lowest BCUT2D eigenvalue weighted by atomic mass is 9.94. The van der Waals surface area contributed by atoms with Gasteiger partial charge in [-0.05, 0) is 37.3 Å². The third kappa shape index (κ3) is 4.19. The van der Waals surface area contributed by atoms with E-state index in [1.807, 2.05) is 72.5 Å². The van der Waals surface area contributed by atoms with E-state index in [1.165, 1.54) is 0 Å². The van der Waals surface area contributed by atoms with Crippen molar-refractivity contribution in [1.29, 1.82) is 0 Å². The Morgan fingerprint density at radius 3 is 2.81 bits per heavy atom. The minimum absolute atomic E-state index is 0.0180. The average molecular weight is 428 g/mol. The van der Waals surface area contributed by atoms with Gasteiger partial charge in [0.05, 0.1) is 5.69 Å². The molecule has 2 aromatic carbocycles. The summed E-state index contributed by atoms with van der Waals surface area (Å²) in [5.41, 5.74) is 4.38. The maximum Gasteiger partial charge on any atom is 0.271 e. The number of aryl methyl sites for hydroxylation is 1. The Balaban J connectivity index is 1.25. The molecule has 7 heteroatoms. The van der Waals surface area contributed by atoms with E-state index in [2.05, 4.69) is 20.3 Å². The van der Waals surface area contributed by atoms with E-state index in [-0.39, 0.29) is 11.8 Å². The van der Waals surface area contributed by atoms with Crippen molar-refractivity contribution in [2.75, 3.05) is 13.1 Å². The summed E-state index contributed by atoms with van der Waals surface area (Å²) in [6.45, 7) is 3.45. The van der Waals surface area contributed by atoms with Crippen LogP contribution in [0.25, 0.3) is 22.6 Å². The molecule has 0 radical (unpaired) electrons. The monoisotopic (exact) mass is 427 g/mol. The molecule has 0 bridgehead atoms. The predicted molar refractivity (Wildman–Crippen MR) is 121 cm³/mol. The summed E-state index contributed by atoms with van der Waals surface area (Å²) in [5.74, 6) is 1.51. The predicted octanol–water partition coefficient (Wildman–Crippen LogP) is 4.53. The van der Waals surface area contributed by atoms with Crippen LogP contribution < -0.4 is 0 Å². The van der Waals surface area contributed by atoms with Gasteiger partial charge in [-0.15, -0.1) is 0 Å². The van der Waals surface area contributed by atoms with Crippen molar-refractivity contribution in [2.45, 2.75) is 26.2 Å². The van der Waals surface area contributed by atoms with Crippen LogP contribution in [0.4, 0.5) is 0 Å². The Morgan fingerprint density at radius 1 is 1.16 bits per heavy atom. The van der Waals surface area contributed by atoms with Crippen LogP contribution in [0.15, 0.2) is 65.2 Å². The van der Waals surface area contributed by atoms with Crippen LogP contribution in [-0.2, 0) is 6.42 Å². The number of hydrogen-bond donors (Lipinski definition) is 1. The van der Waals surface area contributed by atoms with Gasteiger partial charge in [0, 0.05) is 30.6 Å². The Bertz CT molecular complexity index is 1210. The van der Waals surface area contributed by atoms with E-state index in [1.54, 1.807) is 0 Å². The zero-order valence-electron chi connectivity index (χ0n) is 18.0. The molecule has 162 valence electrons. The normalized spacial score (nSPS) is 16.3. The van der Waals surface area contributed by atoms with Gasteiger partial charge in [-0.3, -0.25) is 9.89 Å². The van der Waals surface area contributed by atoms with Crippen molar-refractivity contribution in [3.8, 4) is 22.6 Å². The molecular weight excluding hydrogens is 402 g/mol. The standard InChI is InChI=1S/C25H25N5O2/c1-17-8-5-6-12-20(17)24-26-23(32-29-24)14-18-9-7-13-30(16-18)25(31)22-15-21(27-28-22)19-10-3-2-4-11-19/h2-6,8,10-12,15,18H,7,9,13-14,16H2,1H3,(H,27,28). The summed E-state index contributed by atoms with van der Waals surface area (Å²) < 4.78 is 5.53. The molecule has 3 heterocycles. The van der Waals surface area contributed by atoms with Gasteiger partial charge in [-0.1, -0.05) is 59.8 Å². The van der Waals surface area contributed by atoms with Gasteiger partial charge in [0.2, 0.25) is 11.7 Å². The maximum atomic E-state index is 13.1. The minimum atomic E-state index is -0.0180. The Labute approximate surface area is 186 Å². The van der Waals surface area contributed by atoms with Gasteiger partial charge in [0.1, 0.15) is 5.69 Å². The van der Waals surface area contributed by atoms with E-state index in [0.29, 0.717) is 30.4 Å². The van der Waals surface area contributed by atoms with E-state index >= 15 is 0 Å². The van der Waals surface area contributed by atoms with Crippen LogP contribution in [0.1, 0.15) is 34.8 Å². The molecule has 1 amide bonds. The zero-order chi connectivity index (χ0) is 21.9. The number of H-pyrrole nitrogens is 1. The molecule has 1 unspecified atom stereocenters. The molecule has 0 saturated carbocycles. The average Bonchev–Trinajstić information content (AvgIpc) is 3.50. The van der Waals surface area contributed by atoms with Crippen LogP contribution in [-0.4, -0.2) is 44.2 Å². The topological polar surface area (TPSA) is 87.9 Å². The quantitative estimate of drug-likeness (QED) is 0.506. The number of nitrogens with one attached hydrogen (secondary N) is 1. The van der Waals surface area contributed by atoms with E-state index in [0.717, 1.165) is 41.8 Å². The Hall–Kier alpha value is -3.74. The first-order valence-electron chi connectivity index (χ1n) is 11.0. The van der Waals surface area contributed by atoms with Gasteiger partial charge >= 0.3 is 0 Å². The third-order valence-electron chi connectivity index (χ3n) is 6.00. The second-order valence-corrected chi connectivity index (χ2v) is 8.32. The van der Waals surface area contributed by atoms with Crippen LogP contribution >= 0.6 is 0 Å². The van der Waals surface area contributed by atoms with E-state index in [4.69, 9.17) is 4.52 Å². The molecule has 1 fully saturated rings. The highest BCUT2D eigenvalue weighted by atomic mass is 16.5. The highest BCUT2D eigenvalue weighted by Gasteiger charge is 2.27. The first-order chi connectivity index (χ1) is 15.7. The molecular formula is C25H25N5O2. The second-order valence-electron chi connectivity index (χ2n) is 8.32. The van der Waals surface area contributed by atoms with Gasteiger partial charge < -0.3 is 9.42 Å². The van der Waals surface area contributed by atoms with Crippen molar-refractivity contribution < 1.29 is 9.32 Å². The fourth-order valence-corrected chi connectivity index (χ4v) is 4.29. The fourth-order valence-electron chi connectivity index (χ4n) is 4.29. The molecule has 1 atom stereocenters. The molecule has 5 rings (SSSR count). The summed E-state index contributed by atoms with van der Waals surface area (Å²) in [7, 11) is 0. The van der Waals surface area contributed by atoms with E-state index in [9.17, 15) is 4.79 Å². The summed E-state index contributed by atoms with van der Waals surface area (Å²) in [6.07, 6.45) is 2.65. The lowest BCUT2D eigenvalue weighted by molar-refractivity contribution is 0.0662. The number of rotatable bonds is 5. The number of amides is 1. The van der Waals surface area contributed by atoms with Gasteiger partial charge in [0.15, 0.2) is 0 Å². The maximum absolute atomic E-state index is 13.1. The van der Waals surface area contributed by atoms with Crippen LogP contribution in [0, 0.1) is 12.8 Å². The number of carbonyl (C=O) groups excluding carboxylic acids is 1. The molecule has 0 spiro atoms. The number of likely N-dealkylation sites (tertiary alicyclic amines) is 1. The molecule has 1 aliphatic rings. The molecule has 2 aromatic heterocycles. The lowest BCUT2D eigenvalue weighted by Gasteiger charge is -2.31. The molecule has 7 nitrogen and oxygen atoms in total. The summed E-state index contributed by atoms with van der Waals surface area (Å²) in [6, 6.07) is 19.7. The van der Waals surface area contributed by atoms with Crippen molar-refractivity contribution in [3.05, 3.63) is 77.8 Å². The van der Waals surface area contributed by atoms with Crippen molar-refractivity contribution in [1.82, 2.24) is 25.2 Å². The van der Waals surface area contributed by atoms with Crippen molar-refractivity contribution in [2.24, 2.45) is 5.92 Å². The van der Waals surface area contributed by atoms with Gasteiger partial charge in [-0.2, -0.15) is 10.1 Å². The first-order valence-corrected chi connectivity index (χ1v) is 11.0. The SMILES string of the molecule is Cc1ccccc1-c1noc(CC2CCCN(C(=O)c3cc(-c4ccccc4)n[nH]3)C2)n1. The van der Waals surface area contributed by atoms with Crippen molar-refractivity contribution >= 4 is 5.91 Å². The number of carbonyl (C=O) groups is 1. The van der Waals surface area contributed by atoms with E-state index < -0.39 is 0 Å². The summed E-state index contributed by atoms with van der Waals surface area (Å²) in [4.78, 5) is 19.6. The smallest absolute Gasteiger partial charge is 0.271 e. The molecule has 1 saturated heterocycles. The Morgan fingerprint density at radius 2 is 1.97 bits per heavy atom. The molecule has 1 aliphatic heterocycles. The number of aromatic amines is 1. The number of piperidine rings is 1. The number of aromatic nitrogens is 4. The zero-order valence-corrected chi connectivity index (χ0v) is 18.0. The third-order valence-corrected chi connectivity index (χ3v) is 6.00. The largest absolute Gasteiger partial charge is 0.339 e. The van der Waals surface area contributed by atoms with Gasteiger partial charge in [0.25, 0.3) is 5.91 Å². The van der Waals surface area contributed by atoms with Crippen LogP contribution in [0.5, 0.6) is 0 Å². The highest BCUT2D eigenvalue weighted by Crippen LogP contribution is 2.25. The van der Waals surface area contributed by atoms with Gasteiger partial charge in [-0.25, -0.2) is 0 Å². The van der Waals surface area contributed by atoms with Crippen LogP contribution in [0.3, 0.4) is 0 Å². The molecule has 32 heavy (non-hydrogen) atoms. The highest BCUT2D eigenvalue weighted by molar-refractivity contribution is 5.93. The first kappa shape index (κ1) is 20.2.